The fraction of sp³-hybridized carbons (Fsp3) is 0.214. The van der Waals surface area contributed by atoms with E-state index in [1.807, 2.05) is 20.2 Å². The lowest BCUT2D eigenvalue weighted by atomic mass is 10.2. The Hall–Kier alpha value is -2.15. The Morgan fingerprint density at radius 2 is 2.29 bits per heavy atom. The van der Waals surface area contributed by atoms with Crippen LogP contribution in [0.2, 0.25) is 0 Å². The van der Waals surface area contributed by atoms with Gasteiger partial charge in [0.25, 0.3) is 5.91 Å². The molecule has 1 N–H and O–H groups in total. The van der Waals surface area contributed by atoms with E-state index in [4.69, 9.17) is 4.74 Å². The van der Waals surface area contributed by atoms with Crippen molar-refractivity contribution >= 4 is 28.1 Å². The molecule has 0 unspecified atom stereocenters. The quantitative estimate of drug-likeness (QED) is 0.679. The van der Waals surface area contributed by atoms with Crippen molar-refractivity contribution in [3.8, 4) is 5.75 Å². The second-order valence-electron chi connectivity index (χ2n) is 4.39. The fourth-order valence-corrected chi connectivity index (χ4v) is 2.18. The summed E-state index contributed by atoms with van der Waals surface area (Å²) in [7, 11) is 3.34. The van der Waals surface area contributed by atoms with Gasteiger partial charge in [0, 0.05) is 23.3 Å². The summed E-state index contributed by atoms with van der Waals surface area (Å²) < 4.78 is 7.64. The number of hydrazone groups is 1. The van der Waals surface area contributed by atoms with Crippen LogP contribution in [0.4, 0.5) is 0 Å². The molecule has 110 valence electrons. The molecule has 0 saturated heterocycles. The maximum atomic E-state index is 12.1. The number of carbonyl (C=O) groups is 1. The SMILES string of the molecule is COc1ccc(Br)cc1C(=O)NN=Cc1cn(C)nc1C. The summed E-state index contributed by atoms with van der Waals surface area (Å²) in [5.74, 6) is 0.148. The maximum Gasteiger partial charge on any atom is 0.275 e. The first-order chi connectivity index (χ1) is 10.0. The molecule has 0 bridgehead atoms. The van der Waals surface area contributed by atoms with Gasteiger partial charge in [0.1, 0.15) is 5.75 Å². The largest absolute Gasteiger partial charge is 0.496 e. The zero-order chi connectivity index (χ0) is 15.4. The Labute approximate surface area is 130 Å². The number of methoxy groups -OCH3 is 1. The smallest absolute Gasteiger partial charge is 0.275 e. The van der Waals surface area contributed by atoms with Crippen molar-refractivity contribution in [1.82, 2.24) is 15.2 Å². The van der Waals surface area contributed by atoms with Gasteiger partial charge in [0.2, 0.25) is 0 Å². The molecule has 1 aromatic carbocycles. The van der Waals surface area contributed by atoms with Gasteiger partial charge in [-0.3, -0.25) is 9.48 Å². The van der Waals surface area contributed by atoms with Gasteiger partial charge in [-0.2, -0.15) is 10.2 Å². The molecule has 0 aliphatic carbocycles. The summed E-state index contributed by atoms with van der Waals surface area (Å²) >= 11 is 3.33. The van der Waals surface area contributed by atoms with E-state index in [0.29, 0.717) is 11.3 Å². The molecule has 0 aliphatic rings. The van der Waals surface area contributed by atoms with E-state index in [0.717, 1.165) is 15.7 Å². The van der Waals surface area contributed by atoms with Crippen molar-refractivity contribution in [3.05, 3.63) is 45.7 Å². The van der Waals surface area contributed by atoms with Gasteiger partial charge >= 0.3 is 0 Å². The van der Waals surface area contributed by atoms with Crippen molar-refractivity contribution in [2.75, 3.05) is 7.11 Å². The van der Waals surface area contributed by atoms with Crippen molar-refractivity contribution in [3.63, 3.8) is 0 Å². The number of halogens is 1. The summed E-state index contributed by atoms with van der Waals surface area (Å²) in [6.45, 7) is 1.88. The normalized spacial score (nSPS) is 10.9. The van der Waals surface area contributed by atoms with Crippen LogP contribution in [0.5, 0.6) is 5.75 Å². The maximum absolute atomic E-state index is 12.1. The highest BCUT2D eigenvalue weighted by molar-refractivity contribution is 9.10. The number of rotatable bonds is 4. The predicted molar refractivity (Wildman–Crippen MR) is 83.7 cm³/mol. The number of ether oxygens (including phenoxy) is 1. The van der Waals surface area contributed by atoms with Crippen LogP contribution in [0.15, 0.2) is 34.0 Å². The molecule has 0 saturated carbocycles. The third-order valence-electron chi connectivity index (χ3n) is 2.83. The molecule has 2 rings (SSSR count). The first-order valence-corrected chi connectivity index (χ1v) is 6.97. The Balaban J connectivity index is 2.12. The molecule has 0 radical (unpaired) electrons. The zero-order valence-electron chi connectivity index (χ0n) is 11.9. The van der Waals surface area contributed by atoms with Crippen LogP contribution in [-0.2, 0) is 7.05 Å². The van der Waals surface area contributed by atoms with Gasteiger partial charge in [-0.25, -0.2) is 5.43 Å². The molecule has 21 heavy (non-hydrogen) atoms. The average Bonchev–Trinajstić information content (AvgIpc) is 2.77. The highest BCUT2D eigenvalue weighted by Gasteiger charge is 2.12. The third-order valence-corrected chi connectivity index (χ3v) is 3.32. The molecular formula is C14H15BrN4O2. The first kappa shape index (κ1) is 15.2. The summed E-state index contributed by atoms with van der Waals surface area (Å²) in [4.78, 5) is 12.1. The molecule has 6 nitrogen and oxygen atoms in total. The minimum absolute atomic E-state index is 0.342. The fourth-order valence-electron chi connectivity index (χ4n) is 1.82. The molecule has 0 atom stereocenters. The number of carbonyl (C=O) groups excluding carboxylic acids is 1. The number of aryl methyl sites for hydroxylation is 2. The molecule has 0 fully saturated rings. The molecule has 0 aliphatic heterocycles. The lowest BCUT2D eigenvalue weighted by Gasteiger charge is -2.07. The Morgan fingerprint density at radius 1 is 1.52 bits per heavy atom. The standard InChI is InChI=1S/C14H15BrN4O2/c1-9-10(8-19(2)18-9)7-16-17-14(20)12-6-11(15)4-5-13(12)21-3/h4-8H,1-3H3,(H,17,20). The number of hydrogen-bond acceptors (Lipinski definition) is 4. The van der Waals surface area contributed by atoms with Crippen LogP contribution in [0.25, 0.3) is 0 Å². The Kier molecular flexibility index (Phi) is 4.74. The van der Waals surface area contributed by atoms with Crippen molar-refractivity contribution < 1.29 is 9.53 Å². The second-order valence-corrected chi connectivity index (χ2v) is 5.30. The first-order valence-electron chi connectivity index (χ1n) is 6.18. The van der Waals surface area contributed by atoms with Crippen LogP contribution < -0.4 is 10.2 Å². The summed E-state index contributed by atoms with van der Waals surface area (Å²) in [6, 6.07) is 5.20. The second kappa shape index (κ2) is 6.53. The molecule has 1 heterocycles. The van der Waals surface area contributed by atoms with E-state index in [1.165, 1.54) is 7.11 Å². The van der Waals surface area contributed by atoms with E-state index in [2.05, 4.69) is 31.6 Å². The number of benzene rings is 1. The highest BCUT2D eigenvalue weighted by atomic mass is 79.9. The molecule has 1 amide bonds. The number of amides is 1. The van der Waals surface area contributed by atoms with E-state index < -0.39 is 0 Å². The topological polar surface area (TPSA) is 68.5 Å². The van der Waals surface area contributed by atoms with Gasteiger partial charge in [0.15, 0.2) is 0 Å². The van der Waals surface area contributed by atoms with Crippen LogP contribution in [0, 0.1) is 6.92 Å². The van der Waals surface area contributed by atoms with E-state index >= 15 is 0 Å². The van der Waals surface area contributed by atoms with Crippen LogP contribution >= 0.6 is 15.9 Å². The molecule has 2 aromatic rings. The minimum Gasteiger partial charge on any atom is -0.496 e. The Bertz CT molecular complexity index is 694. The number of aromatic nitrogens is 2. The van der Waals surface area contributed by atoms with E-state index in [1.54, 1.807) is 29.1 Å². The molecule has 0 spiro atoms. The van der Waals surface area contributed by atoms with Crippen molar-refractivity contribution in [1.29, 1.82) is 0 Å². The van der Waals surface area contributed by atoms with Crippen LogP contribution in [0.3, 0.4) is 0 Å². The zero-order valence-corrected chi connectivity index (χ0v) is 13.5. The third kappa shape index (κ3) is 3.69. The molecule has 7 heteroatoms. The van der Waals surface area contributed by atoms with Gasteiger partial charge in [0.05, 0.1) is 24.6 Å². The number of nitrogens with one attached hydrogen (secondary N) is 1. The predicted octanol–water partition coefficient (Wildman–Crippen LogP) is 2.26. The summed E-state index contributed by atoms with van der Waals surface area (Å²) in [5.41, 5.74) is 4.58. The van der Waals surface area contributed by atoms with Gasteiger partial charge < -0.3 is 4.74 Å². The van der Waals surface area contributed by atoms with Gasteiger partial charge in [-0.1, -0.05) is 15.9 Å². The minimum atomic E-state index is -0.342. The van der Waals surface area contributed by atoms with E-state index in [-0.39, 0.29) is 5.91 Å². The number of hydrogen-bond donors (Lipinski definition) is 1. The van der Waals surface area contributed by atoms with Crippen LogP contribution in [-0.4, -0.2) is 29.0 Å². The van der Waals surface area contributed by atoms with E-state index in [9.17, 15) is 4.79 Å². The molecular weight excluding hydrogens is 336 g/mol. The Morgan fingerprint density at radius 3 is 2.90 bits per heavy atom. The van der Waals surface area contributed by atoms with Crippen molar-refractivity contribution in [2.24, 2.45) is 12.1 Å². The number of nitrogens with zero attached hydrogens (tertiary/aromatic N) is 3. The van der Waals surface area contributed by atoms with Gasteiger partial charge in [-0.05, 0) is 25.1 Å². The summed E-state index contributed by atoms with van der Waals surface area (Å²) in [5, 5.41) is 8.14. The summed E-state index contributed by atoms with van der Waals surface area (Å²) in [6.07, 6.45) is 3.38. The van der Waals surface area contributed by atoms with Gasteiger partial charge in [-0.15, -0.1) is 0 Å². The molecule has 1 aromatic heterocycles. The average molecular weight is 351 g/mol. The van der Waals surface area contributed by atoms with Crippen molar-refractivity contribution in [2.45, 2.75) is 6.92 Å². The lowest BCUT2D eigenvalue weighted by molar-refractivity contribution is 0.0952. The highest BCUT2D eigenvalue weighted by Crippen LogP contribution is 2.22. The lowest BCUT2D eigenvalue weighted by Crippen LogP contribution is -2.18. The van der Waals surface area contributed by atoms with Crippen LogP contribution in [0.1, 0.15) is 21.6 Å². The monoisotopic (exact) mass is 350 g/mol.